The number of hydrogen-bond acceptors (Lipinski definition) is 3. The molecule has 1 aromatic rings. The van der Waals surface area contributed by atoms with Crippen LogP contribution in [-0.4, -0.2) is 25.1 Å². The van der Waals surface area contributed by atoms with E-state index >= 15 is 0 Å². The molecule has 0 atom stereocenters. The Bertz CT molecular complexity index is 320. The lowest BCUT2D eigenvalue weighted by atomic mass is 9.92. The van der Waals surface area contributed by atoms with Gasteiger partial charge in [-0.05, 0) is 38.4 Å². The van der Waals surface area contributed by atoms with Gasteiger partial charge in [-0.15, -0.1) is 0 Å². The van der Waals surface area contributed by atoms with Gasteiger partial charge in [0, 0.05) is 19.6 Å². The molecule has 1 saturated carbocycles. The highest BCUT2D eigenvalue weighted by Gasteiger charge is 2.22. The van der Waals surface area contributed by atoms with Crippen molar-refractivity contribution in [3.63, 3.8) is 0 Å². The van der Waals surface area contributed by atoms with E-state index in [4.69, 9.17) is 0 Å². The number of aromatic nitrogens is 1. The summed E-state index contributed by atoms with van der Waals surface area (Å²) in [6, 6.07) is 6.96. The Balaban J connectivity index is 2.09. The zero-order valence-corrected chi connectivity index (χ0v) is 9.53. The Kier molecular flexibility index (Phi) is 3.21. The first-order chi connectivity index (χ1) is 7.31. The van der Waals surface area contributed by atoms with Gasteiger partial charge in [-0.25, -0.2) is 4.98 Å². The van der Waals surface area contributed by atoms with Gasteiger partial charge in [0.05, 0.1) is 5.69 Å². The predicted molar refractivity (Wildman–Crippen MR) is 63.0 cm³/mol. The highest BCUT2D eigenvalue weighted by Crippen LogP contribution is 2.26. The van der Waals surface area contributed by atoms with E-state index in [-0.39, 0.29) is 0 Å². The average molecular weight is 205 g/mol. The van der Waals surface area contributed by atoms with Crippen LogP contribution in [0.2, 0.25) is 0 Å². The molecule has 0 aliphatic heterocycles. The molecule has 2 rings (SSSR count). The molecule has 1 N–H and O–H groups in total. The Morgan fingerprint density at radius 1 is 1.47 bits per heavy atom. The molecule has 1 heterocycles. The Morgan fingerprint density at radius 3 is 2.87 bits per heavy atom. The lowest BCUT2D eigenvalue weighted by Crippen LogP contribution is -2.37. The van der Waals surface area contributed by atoms with Crippen LogP contribution in [0.4, 0.5) is 5.82 Å². The molecular weight excluding hydrogens is 186 g/mol. The SMILES string of the molecule is CNCc1cccc(N(C)C2CCC2)n1. The summed E-state index contributed by atoms with van der Waals surface area (Å²) in [5.74, 6) is 1.10. The summed E-state index contributed by atoms with van der Waals surface area (Å²) in [6.07, 6.45) is 3.99. The van der Waals surface area contributed by atoms with Gasteiger partial charge in [-0.1, -0.05) is 6.07 Å². The first kappa shape index (κ1) is 10.4. The fraction of sp³-hybridized carbons (Fsp3) is 0.583. The van der Waals surface area contributed by atoms with Gasteiger partial charge in [-0.2, -0.15) is 0 Å². The number of pyridine rings is 1. The number of hydrogen-bond donors (Lipinski definition) is 1. The monoisotopic (exact) mass is 205 g/mol. The molecule has 3 nitrogen and oxygen atoms in total. The van der Waals surface area contributed by atoms with Crippen LogP contribution in [-0.2, 0) is 6.54 Å². The summed E-state index contributed by atoms with van der Waals surface area (Å²) in [5, 5.41) is 3.13. The van der Waals surface area contributed by atoms with Gasteiger partial charge in [0.2, 0.25) is 0 Å². The van der Waals surface area contributed by atoms with Gasteiger partial charge < -0.3 is 10.2 Å². The van der Waals surface area contributed by atoms with E-state index in [1.165, 1.54) is 19.3 Å². The van der Waals surface area contributed by atoms with Crippen LogP contribution in [0.25, 0.3) is 0 Å². The zero-order chi connectivity index (χ0) is 10.7. The molecule has 15 heavy (non-hydrogen) atoms. The normalized spacial score (nSPS) is 16.1. The largest absolute Gasteiger partial charge is 0.357 e. The number of rotatable bonds is 4. The standard InChI is InChI=1S/C12H19N3/c1-13-9-10-5-3-8-12(14-10)15(2)11-6-4-7-11/h3,5,8,11,13H,4,6-7,9H2,1-2H3. The summed E-state index contributed by atoms with van der Waals surface area (Å²) in [6.45, 7) is 0.840. The fourth-order valence-electron chi connectivity index (χ4n) is 1.90. The van der Waals surface area contributed by atoms with E-state index in [9.17, 15) is 0 Å². The molecule has 1 fully saturated rings. The van der Waals surface area contributed by atoms with E-state index in [1.54, 1.807) is 0 Å². The summed E-state index contributed by atoms with van der Waals surface area (Å²) in [5.41, 5.74) is 1.11. The van der Waals surface area contributed by atoms with E-state index < -0.39 is 0 Å². The lowest BCUT2D eigenvalue weighted by molar-refractivity contribution is 0.399. The van der Waals surface area contributed by atoms with Crippen LogP contribution < -0.4 is 10.2 Å². The van der Waals surface area contributed by atoms with Crippen molar-refractivity contribution in [1.82, 2.24) is 10.3 Å². The summed E-state index contributed by atoms with van der Waals surface area (Å²) in [4.78, 5) is 6.94. The van der Waals surface area contributed by atoms with Crippen LogP contribution in [0.15, 0.2) is 18.2 Å². The fourth-order valence-corrected chi connectivity index (χ4v) is 1.90. The van der Waals surface area contributed by atoms with E-state index in [2.05, 4.69) is 40.4 Å². The third-order valence-corrected chi connectivity index (χ3v) is 3.13. The summed E-state index contributed by atoms with van der Waals surface area (Å²) in [7, 11) is 4.10. The molecule has 3 heteroatoms. The molecule has 0 radical (unpaired) electrons. The molecule has 0 bridgehead atoms. The number of nitrogens with zero attached hydrogens (tertiary/aromatic N) is 2. The topological polar surface area (TPSA) is 28.2 Å². The smallest absolute Gasteiger partial charge is 0.128 e. The molecule has 0 amide bonds. The quantitative estimate of drug-likeness (QED) is 0.812. The first-order valence-electron chi connectivity index (χ1n) is 5.64. The molecular formula is C12H19N3. The Morgan fingerprint density at radius 2 is 2.27 bits per heavy atom. The molecule has 0 saturated heterocycles. The van der Waals surface area contributed by atoms with Crippen molar-refractivity contribution in [1.29, 1.82) is 0 Å². The maximum Gasteiger partial charge on any atom is 0.128 e. The third kappa shape index (κ3) is 2.29. The minimum atomic E-state index is 0.710. The van der Waals surface area contributed by atoms with Crippen molar-refractivity contribution < 1.29 is 0 Å². The highest BCUT2D eigenvalue weighted by atomic mass is 15.2. The molecule has 1 aromatic heterocycles. The molecule has 82 valence electrons. The average Bonchev–Trinajstić information content (AvgIpc) is 2.16. The van der Waals surface area contributed by atoms with Gasteiger partial charge in [0.15, 0.2) is 0 Å². The van der Waals surface area contributed by atoms with Gasteiger partial charge in [-0.3, -0.25) is 0 Å². The molecule has 0 aromatic carbocycles. The van der Waals surface area contributed by atoms with E-state index in [0.29, 0.717) is 6.04 Å². The summed E-state index contributed by atoms with van der Waals surface area (Å²) < 4.78 is 0. The van der Waals surface area contributed by atoms with E-state index in [0.717, 1.165) is 18.1 Å². The second-order valence-electron chi connectivity index (χ2n) is 4.21. The first-order valence-corrected chi connectivity index (χ1v) is 5.64. The Hall–Kier alpha value is -1.09. The van der Waals surface area contributed by atoms with Crippen LogP contribution in [0, 0.1) is 0 Å². The van der Waals surface area contributed by atoms with Gasteiger partial charge in [0.25, 0.3) is 0 Å². The van der Waals surface area contributed by atoms with Crippen molar-refractivity contribution in [2.24, 2.45) is 0 Å². The zero-order valence-electron chi connectivity index (χ0n) is 9.53. The Labute approximate surface area is 91.5 Å². The van der Waals surface area contributed by atoms with Gasteiger partial charge in [0.1, 0.15) is 5.82 Å². The van der Waals surface area contributed by atoms with Crippen molar-refractivity contribution in [2.45, 2.75) is 31.8 Å². The number of nitrogens with one attached hydrogen (secondary N) is 1. The maximum atomic E-state index is 4.63. The van der Waals surface area contributed by atoms with Crippen molar-refractivity contribution in [3.8, 4) is 0 Å². The third-order valence-electron chi connectivity index (χ3n) is 3.13. The molecule has 0 unspecified atom stereocenters. The van der Waals surface area contributed by atoms with Crippen LogP contribution in [0.5, 0.6) is 0 Å². The minimum absolute atomic E-state index is 0.710. The van der Waals surface area contributed by atoms with Crippen LogP contribution in [0.3, 0.4) is 0 Å². The van der Waals surface area contributed by atoms with Crippen molar-refractivity contribution in [2.75, 3.05) is 19.0 Å². The molecule has 1 aliphatic rings. The van der Waals surface area contributed by atoms with Crippen molar-refractivity contribution in [3.05, 3.63) is 23.9 Å². The second-order valence-corrected chi connectivity index (χ2v) is 4.21. The van der Waals surface area contributed by atoms with Gasteiger partial charge >= 0.3 is 0 Å². The lowest BCUT2D eigenvalue weighted by Gasteiger charge is -2.35. The predicted octanol–water partition coefficient (Wildman–Crippen LogP) is 1.79. The minimum Gasteiger partial charge on any atom is -0.357 e. The van der Waals surface area contributed by atoms with Crippen LogP contribution in [0.1, 0.15) is 25.0 Å². The molecule has 1 aliphatic carbocycles. The second kappa shape index (κ2) is 4.62. The molecule has 0 spiro atoms. The van der Waals surface area contributed by atoms with Crippen LogP contribution >= 0.6 is 0 Å². The highest BCUT2D eigenvalue weighted by molar-refractivity contribution is 5.40. The van der Waals surface area contributed by atoms with Crippen molar-refractivity contribution >= 4 is 5.82 Å². The number of anilines is 1. The summed E-state index contributed by atoms with van der Waals surface area (Å²) >= 11 is 0. The maximum absolute atomic E-state index is 4.63. The van der Waals surface area contributed by atoms with E-state index in [1.807, 2.05) is 7.05 Å².